The smallest absolute Gasteiger partial charge is 0.348 e. The van der Waals surface area contributed by atoms with E-state index >= 15 is 4.39 Å². The Hall–Kier alpha value is -2.96. The summed E-state index contributed by atoms with van der Waals surface area (Å²) < 4.78 is 31.5. The number of carbonyl (C=O) groups excluding carboxylic acids is 1. The second kappa shape index (κ2) is 15.2. The maximum Gasteiger partial charge on any atom is 0.348 e. The van der Waals surface area contributed by atoms with Gasteiger partial charge in [-0.25, -0.2) is 9.18 Å². The van der Waals surface area contributed by atoms with Crippen LogP contribution in [-0.4, -0.2) is 20.2 Å². The summed E-state index contributed by atoms with van der Waals surface area (Å²) in [5.74, 6) is 0.793. The van der Waals surface area contributed by atoms with Crippen molar-refractivity contribution in [3.63, 3.8) is 0 Å². The van der Waals surface area contributed by atoms with Crippen molar-refractivity contribution < 1.29 is 23.4 Å². The zero-order chi connectivity index (χ0) is 28.3. The predicted molar refractivity (Wildman–Crippen MR) is 160 cm³/mol. The molecule has 1 aliphatic rings. The van der Waals surface area contributed by atoms with E-state index in [-0.39, 0.29) is 23.8 Å². The molecule has 40 heavy (non-hydrogen) atoms. The summed E-state index contributed by atoms with van der Waals surface area (Å²) >= 11 is 1.48. The van der Waals surface area contributed by atoms with E-state index in [4.69, 9.17) is 14.2 Å². The van der Waals surface area contributed by atoms with Crippen molar-refractivity contribution in [3.05, 3.63) is 92.9 Å². The molecule has 0 aliphatic heterocycles. The van der Waals surface area contributed by atoms with Crippen LogP contribution >= 0.6 is 11.3 Å². The highest BCUT2D eigenvalue weighted by molar-refractivity contribution is 7.13. The maximum atomic E-state index is 15.0. The van der Waals surface area contributed by atoms with E-state index in [1.807, 2.05) is 36.4 Å². The number of benzene rings is 2. The van der Waals surface area contributed by atoms with Crippen LogP contribution in [0.15, 0.2) is 66.5 Å². The van der Waals surface area contributed by atoms with E-state index < -0.39 is 0 Å². The molecule has 0 N–H and O–H groups in total. The lowest BCUT2D eigenvalue weighted by Crippen LogP contribution is -2.06. The summed E-state index contributed by atoms with van der Waals surface area (Å²) in [5, 5.41) is 0. The highest BCUT2D eigenvalue weighted by Crippen LogP contribution is 2.42. The van der Waals surface area contributed by atoms with E-state index in [0.29, 0.717) is 17.9 Å². The minimum atomic E-state index is -0.290. The number of esters is 1. The van der Waals surface area contributed by atoms with Crippen LogP contribution in [0.1, 0.15) is 95.6 Å². The van der Waals surface area contributed by atoms with Gasteiger partial charge in [0.2, 0.25) is 0 Å². The molecule has 0 radical (unpaired) electrons. The molecule has 1 aliphatic carbocycles. The molecule has 1 aromatic heterocycles. The zero-order valence-corrected chi connectivity index (χ0v) is 24.7. The topological polar surface area (TPSA) is 44.8 Å². The lowest BCUT2D eigenvalue weighted by molar-refractivity contribution is 0.0322. The lowest BCUT2D eigenvalue weighted by Gasteiger charge is -2.20. The van der Waals surface area contributed by atoms with Crippen LogP contribution in [0.4, 0.5) is 4.39 Å². The summed E-state index contributed by atoms with van der Waals surface area (Å²) in [5.41, 5.74) is 4.11. The number of rotatable bonds is 15. The molecule has 2 aromatic carbocycles. The Labute approximate surface area is 242 Å². The fourth-order valence-corrected chi connectivity index (χ4v) is 6.42. The third kappa shape index (κ3) is 8.05. The van der Waals surface area contributed by atoms with E-state index in [1.165, 1.54) is 24.9 Å². The van der Waals surface area contributed by atoms with Crippen molar-refractivity contribution in [1.29, 1.82) is 0 Å². The van der Waals surface area contributed by atoms with Gasteiger partial charge in [-0.05, 0) is 84.6 Å². The van der Waals surface area contributed by atoms with Gasteiger partial charge in [-0.2, -0.15) is 0 Å². The zero-order valence-electron chi connectivity index (χ0n) is 23.9. The van der Waals surface area contributed by atoms with E-state index in [1.54, 1.807) is 7.11 Å². The minimum Gasteiger partial charge on any atom is -0.497 e. The standard InChI is InChI=1S/C34H41FO4S/c1-4-5-6-10-31(39-23-24-11-18-28(37-2)19-12-24)25-13-15-27(16-14-25)33-26(17-21-30(33)35)8-7-9-29-20-22-32(40-29)34(36)38-3/h11-16,18-20,22,26,31H,4-10,17,21,23H2,1-3H3/t26-,31?/m0/s1. The molecule has 1 heterocycles. The van der Waals surface area contributed by atoms with Crippen molar-refractivity contribution in [1.82, 2.24) is 0 Å². The van der Waals surface area contributed by atoms with Gasteiger partial charge in [-0.1, -0.05) is 62.6 Å². The van der Waals surface area contributed by atoms with Crippen molar-refractivity contribution in [2.45, 2.75) is 77.4 Å². The normalized spacial score (nSPS) is 15.8. The quantitative estimate of drug-likeness (QED) is 0.136. The average Bonchev–Trinajstić information content (AvgIpc) is 3.61. The van der Waals surface area contributed by atoms with Gasteiger partial charge in [0.15, 0.2) is 0 Å². The Balaban J connectivity index is 1.38. The molecule has 214 valence electrons. The number of methoxy groups -OCH3 is 2. The fourth-order valence-electron chi connectivity index (χ4n) is 5.45. The van der Waals surface area contributed by atoms with Gasteiger partial charge in [-0.15, -0.1) is 11.3 Å². The van der Waals surface area contributed by atoms with Crippen LogP contribution in [0.25, 0.3) is 5.57 Å². The first kappa shape index (κ1) is 30.0. The number of hydrogen-bond donors (Lipinski definition) is 0. The number of unbranched alkanes of at least 4 members (excludes halogenated alkanes) is 2. The highest BCUT2D eigenvalue weighted by Gasteiger charge is 2.27. The second-order valence-corrected chi connectivity index (χ2v) is 11.6. The number of carbonyl (C=O) groups is 1. The van der Waals surface area contributed by atoms with E-state index in [9.17, 15) is 4.79 Å². The second-order valence-electron chi connectivity index (χ2n) is 10.5. The molecule has 0 fully saturated rings. The fraction of sp³-hybridized carbons (Fsp3) is 0.441. The van der Waals surface area contributed by atoms with Crippen molar-refractivity contribution in [3.8, 4) is 5.75 Å². The van der Waals surface area contributed by atoms with Crippen LogP contribution in [0.5, 0.6) is 5.75 Å². The Kier molecular flexibility index (Phi) is 11.4. The third-order valence-electron chi connectivity index (χ3n) is 7.71. The predicted octanol–water partition coefficient (Wildman–Crippen LogP) is 9.49. The molecule has 1 unspecified atom stereocenters. The van der Waals surface area contributed by atoms with Gasteiger partial charge in [0.1, 0.15) is 16.5 Å². The Bertz CT molecular complexity index is 1250. The maximum absolute atomic E-state index is 15.0. The summed E-state index contributed by atoms with van der Waals surface area (Å²) in [6.07, 6.45) is 8.55. The van der Waals surface area contributed by atoms with Gasteiger partial charge >= 0.3 is 5.97 Å². The number of hydrogen-bond acceptors (Lipinski definition) is 5. The SMILES string of the molecule is CCCCCC(OCc1ccc(OC)cc1)c1ccc(C2=C(F)CC[C@@H]2CCCc2ccc(C(=O)OC)s2)cc1. The molecule has 2 atom stereocenters. The van der Waals surface area contributed by atoms with Crippen LogP contribution in [-0.2, 0) is 22.5 Å². The summed E-state index contributed by atoms with van der Waals surface area (Å²) in [6, 6.07) is 20.2. The van der Waals surface area contributed by atoms with Gasteiger partial charge in [0.05, 0.1) is 26.9 Å². The number of aryl methyl sites for hydroxylation is 1. The van der Waals surface area contributed by atoms with Crippen LogP contribution in [0.2, 0.25) is 0 Å². The summed E-state index contributed by atoms with van der Waals surface area (Å²) in [7, 11) is 3.07. The monoisotopic (exact) mass is 564 g/mol. The minimum absolute atomic E-state index is 0.00146. The first-order valence-corrected chi connectivity index (χ1v) is 15.2. The van der Waals surface area contributed by atoms with E-state index in [2.05, 4.69) is 31.2 Å². The number of allylic oxidation sites excluding steroid dienone is 2. The number of thiophene rings is 1. The number of ether oxygens (including phenoxy) is 3. The molecule has 0 spiro atoms. The van der Waals surface area contributed by atoms with Crippen molar-refractivity contribution in [2.75, 3.05) is 14.2 Å². The van der Waals surface area contributed by atoms with Crippen LogP contribution in [0, 0.1) is 5.92 Å². The largest absolute Gasteiger partial charge is 0.497 e. The summed E-state index contributed by atoms with van der Waals surface area (Å²) in [4.78, 5) is 13.5. The first-order chi connectivity index (χ1) is 19.5. The molecule has 6 heteroatoms. The van der Waals surface area contributed by atoms with Crippen molar-refractivity contribution in [2.24, 2.45) is 5.92 Å². The van der Waals surface area contributed by atoms with Crippen LogP contribution < -0.4 is 4.74 Å². The van der Waals surface area contributed by atoms with E-state index in [0.717, 1.165) is 77.8 Å². The molecule has 0 bridgehead atoms. The number of halogens is 1. The Morgan fingerprint density at radius 3 is 2.48 bits per heavy atom. The average molecular weight is 565 g/mol. The van der Waals surface area contributed by atoms with Crippen LogP contribution in [0.3, 0.4) is 0 Å². The molecule has 4 rings (SSSR count). The molecule has 4 nitrogen and oxygen atoms in total. The van der Waals surface area contributed by atoms with Gasteiger partial charge in [-0.3, -0.25) is 0 Å². The first-order valence-electron chi connectivity index (χ1n) is 14.4. The molecule has 0 saturated heterocycles. The Morgan fingerprint density at radius 2 is 1.77 bits per heavy atom. The molecule has 0 saturated carbocycles. The lowest BCUT2D eigenvalue weighted by atomic mass is 9.89. The third-order valence-corrected chi connectivity index (χ3v) is 8.84. The Morgan fingerprint density at radius 1 is 1.00 bits per heavy atom. The molecular weight excluding hydrogens is 523 g/mol. The van der Waals surface area contributed by atoms with Crippen molar-refractivity contribution >= 4 is 22.9 Å². The van der Waals surface area contributed by atoms with Gasteiger partial charge in [0.25, 0.3) is 0 Å². The van der Waals surface area contributed by atoms with Gasteiger partial charge < -0.3 is 14.2 Å². The van der Waals surface area contributed by atoms with Gasteiger partial charge in [0, 0.05) is 11.3 Å². The molecule has 3 aromatic rings. The highest BCUT2D eigenvalue weighted by atomic mass is 32.1. The molecule has 0 amide bonds. The molecular formula is C34H41FO4S. The summed E-state index contributed by atoms with van der Waals surface area (Å²) in [6.45, 7) is 2.75.